The third kappa shape index (κ3) is 3.72. The minimum atomic E-state index is -0.111. The van der Waals surface area contributed by atoms with E-state index >= 15 is 0 Å². The number of hydrogen-bond acceptors (Lipinski definition) is 6. The zero-order valence-corrected chi connectivity index (χ0v) is 16.9. The van der Waals surface area contributed by atoms with Crippen LogP contribution in [0.15, 0.2) is 66.3 Å². The second-order valence-electron chi connectivity index (χ2n) is 6.43. The van der Waals surface area contributed by atoms with E-state index in [-0.39, 0.29) is 5.91 Å². The van der Waals surface area contributed by atoms with Crippen molar-refractivity contribution in [1.29, 1.82) is 0 Å². The van der Waals surface area contributed by atoms with Gasteiger partial charge in [-0.1, -0.05) is 30.3 Å². The van der Waals surface area contributed by atoms with Gasteiger partial charge in [0.2, 0.25) is 5.88 Å². The second-order valence-corrected chi connectivity index (χ2v) is 8.33. The second kappa shape index (κ2) is 7.65. The number of pyridine rings is 1. The minimum absolute atomic E-state index is 0.111. The summed E-state index contributed by atoms with van der Waals surface area (Å²) in [6.07, 6.45) is 3.66. The first-order chi connectivity index (χ1) is 14.3. The fourth-order valence-corrected chi connectivity index (χ4v) is 4.72. The predicted molar refractivity (Wildman–Crippen MR) is 115 cm³/mol. The number of amides is 1. The van der Waals surface area contributed by atoms with Crippen LogP contribution >= 0.6 is 22.7 Å². The number of imidazole rings is 1. The van der Waals surface area contributed by atoms with Gasteiger partial charge in [0, 0.05) is 30.4 Å². The van der Waals surface area contributed by atoms with Gasteiger partial charge in [-0.3, -0.25) is 9.20 Å². The Morgan fingerprint density at radius 3 is 2.93 bits per heavy atom. The molecule has 0 saturated heterocycles. The number of benzene rings is 1. The van der Waals surface area contributed by atoms with Gasteiger partial charge in [-0.25, -0.2) is 9.97 Å². The van der Waals surface area contributed by atoms with Gasteiger partial charge in [-0.05, 0) is 23.3 Å². The monoisotopic (exact) mass is 420 g/mol. The van der Waals surface area contributed by atoms with Gasteiger partial charge in [-0.2, -0.15) is 0 Å². The predicted octanol–water partition coefficient (Wildman–Crippen LogP) is 4.51. The topological polar surface area (TPSA) is 68.5 Å². The number of thiazole rings is 1. The van der Waals surface area contributed by atoms with Crippen LogP contribution in [0, 0.1) is 0 Å². The summed E-state index contributed by atoms with van der Waals surface area (Å²) in [4.78, 5) is 23.8. The van der Waals surface area contributed by atoms with E-state index in [1.165, 1.54) is 11.3 Å². The number of carbonyl (C=O) groups excluding carboxylic acids is 1. The van der Waals surface area contributed by atoms with Crippen molar-refractivity contribution in [2.24, 2.45) is 0 Å². The molecule has 0 aliphatic rings. The highest BCUT2D eigenvalue weighted by atomic mass is 32.1. The third-order valence-corrected chi connectivity index (χ3v) is 6.22. The highest BCUT2D eigenvalue weighted by Gasteiger charge is 2.15. The van der Waals surface area contributed by atoms with Gasteiger partial charge in [0.25, 0.3) is 5.91 Å². The third-order valence-electron chi connectivity index (χ3n) is 4.45. The van der Waals surface area contributed by atoms with Crippen LogP contribution in [0.1, 0.15) is 20.8 Å². The van der Waals surface area contributed by atoms with Crippen molar-refractivity contribution in [2.75, 3.05) is 0 Å². The maximum Gasteiger partial charge on any atom is 0.261 e. The number of rotatable bonds is 6. The summed E-state index contributed by atoms with van der Waals surface area (Å²) in [7, 11) is 0. The van der Waals surface area contributed by atoms with E-state index in [1.807, 2.05) is 64.5 Å². The van der Waals surface area contributed by atoms with Crippen molar-refractivity contribution in [3.05, 3.63) is 82.3 Å². The number of thiophene rings is 1. The summed E-state index contributed by atoms with van der Waals surface area (Å²) in [5, 5.41) is 4.95. The summed E-state index contributed by atoms with van der Waals surface area (Å²) in [6.45, 7) is 0.857. The van der Waals surface area contributed by atoms with Crippen molar-refractivity contribution < 1.29 is 9.53 Å². The molecule has 0 aliphatic heterocycles. The van der Waals surface area contributed by atoms with Crippen LogP contribution in [-0.2, 0) is 13.2 Å². The highest BCUT2D eigenvalue weighted by molar-refractivity contribution is 7.21. The number of aromatic nitrogens is 3. The first-order valence-corrected chi connectivity index (χ1v) is 10.7. The molecule has 0 aliphatic carbocycles. The van der Waals surface area contributed by atoms with Crippen LogP contribution in [0.2, 0.25) is 0 Å². The normalized spacial score (nSPS) is 11.2. The van der Waals surface area contributed by atoms with Crippen LogP contribution in [0.3, 0.4) is 0 Å². The Morgan fingerprint density at radius 1 is 1.14 bits per heavy atom. The van der Waals surface area contributed by atoms with Crippen LogP contribution in [-0.4, -0.2) is 20.3 Å². The van der Waals surface area contributed by atoms with Crippen LogP contribution < -0.4 is 10.1 Å². The number of ether oxygens (including phenoxy) is 1. The molecule has 0 bridgehead atoms. The van der Waals surface area contributed by atoms with Gasteiger partial charge in [0.15, 0.2) is 4.96 Å². The molecule has 5 aromatic rings. The van der Waals surface area contributed by atoms with E-state index in [1.54, 1.807) is 17.5 Å². The molecule has 6 nitrogen and oxygen atoms in total. The van der Waals surface area contributed by atoms with Crippen molar-refractivity contribution >= 4 is 43.9 Å². The van der Waals surface area contributed by atoms with Crippen LogP contribution in [0.25, 0.3) is 15.3 Å². The Balaban J connectivity index is 1.23. The van der Waals surface area contributed by atoms with E-state index in [9.17, 15) is 4.79 Å². The average Bonchev–Trinajstić information content (AvgIpc) is 3.44. The summed E-state index contributed by atoms with van der Waals surface area (Å²) in [5.74, 6) is 0.427. The molecule has 5 rings (SSSR count). The van der Waals surface area contributed by atoms with E-state index in [0.29, 0.717) is 23.9 Å². The molecular weight excluding hydrogens is 404 g/mol. The van der Waals surface area contributed by atoms with Crippen LogP contribution in [0.4, 0.5) is 0 Å². The molecule has 1 N–H and O–H groups in total. The molecule has 8 heteroatoms. The molecule has 0 spiro atoms. The van der Waals surface area contributed by atoms with Gasteiger partial charge < -0.3 is 10.1 Å². The first kappa shape index (κ1) is 17.8. The number of hydrogen-bond donors (Lipinski definition) is 1. The first-order valence-electron chi connectivity index (χ1n) is 9.01. The molecular formula is C21H16N4O2S2. The standard InChI is InChI=1S/C21H16N4O2S2/c26-19(17-11-16-20(29-17)24-21-25(16)8-9-28-21)23-12-15-6-7-22-18(10-15)27-13-14-4-2-1-3-5-14/h1-11H,12-13H2,(H,23,26). The molecule has 4 heterocycles. The van der Waals surface area contributed by atoms with Gasteiger partial charge in [-0.15, -0.1) is 22.7 Å². The van der Waals surface area contributed by atoms with Crippen LogP contribution in [0.5, 0.6) is 5.88 Å². The average molecular weight is 421 g/mol. The Hall–Kier alpha value is -3.23. The number of nitrogens with zero attached hydrogens (tertiary/aromatic N) is 3. The number of fused-ring (bicyclic) bond motifs is 3. The molecule has 144 valence electrons. The molecule has 4 aromatic heterocycles. The maximum atomic E-state index is 12.6. The maximum absolute atomic E-state index is 12.6. The van der Waals surface area contributed by atoms with Crippen molar-refractivity contribution in [2.45, 2.75) is 13.2 Å². The largest absolute Gasteiger partial charge is 0.473 e. The zero-order valence-electron chi connectivity index (χ0n) is 15.2. The molecule has 0 atom stereocenters. The smallest absolute Gasteiger partial charge is 0.261 e. The SMILES string of the molecule is O=C(NCc1ccnc(OCc2ccccc2)c1)c1cc2c(nc3sccn32)s1. The summed E-state index contributed by atoms with van der Waals surface area (Å²) in [5.41, 5.74) is 2.98. The molecule has 0 fully saturated rings. The van der Waals surface area contributed by atoms with E-state index < -0.39 is 0 Å². The lowest BCUT2D eigenvalue weighted by Crippen LogP contribution is -2.21. The number of nitrogens with one attached hydrogen (secondary N) is 1. The highest BCUT2D eigenvalue weighted by Crippen LogP contribution is 2.28. The van der Waals surface area contributed by atoms with Gasteiger partial charge in [0.05, 0.1) is 10.4 Å². The van der Waals surface area contributed by atoms with Gasteiger partial charge in [0.1, 0.15) is 11.4 Å². The zero-order chi connectivity index (χ0) is 19.6. The lowest BCUT2D eigenvalue weighted by atomic mass is 10.2. The Labute approximate surface area is 174 Å². The quantitative estimate of drug-likeness (QED) is 0.439. The summed E-state index contributed by atoms with van der Waals surface area (Å²) in [6, 6.07) is 15.5. The fraction of sp³-hybridized carbons (Fsp3) is 0.0952. The van der Waals surface area contributed by atoms with E-state index in [0.717, 1.165) is 26.4 Å². The van der Waals surface area contributed by atoms with Crippen molar-refractivity contribution in [3.63, 3.8) is 0 Å². The van der Waals surface area contributed by atoms with E-state index in [2.05, 4.69) is 15.3 Å². The summed E-state index contributed by atoms with van der Waals surface area (Å²) < 4.78 is 7.76. The van der Waals surface area contributed by atoms with Crippen molar-refractivity contribution in [1.82, 2.24) is 19.7 Å². The Morgan fingerprint density at radius 2 is 2.03 bits per heavy atom. The lowest BCUT2D eigenvalue weighted by molar-refractivity contribution is 0.0955. The molecule has 0 unspecified atom stereocenters. The lowest BCUT2D eigenvalue weighted by Gasteiger charge is -2.08. The van der Waals surface area contributed by atoms with Gasteiger partial charge >= 0.3 is 0 Å². The Kier molecular flexibility index (Phi) is 4.71. The fourth-order valence-electron chi connectivity index (χ4n) is 3.00. The molecule has 1 amide bonds. The molecule has 0 radical (unpaired) electrons. The molecule has 29 heavy (non-hydrogen) atoms. The Bertz CT molecular complexity index is 1290. The van der Waals surface area contributed by atoms with Crippen molar-refractivity contribution in [3.8, 4) is 5.88 Å². The molecule has 1 aromatic carbocycles. The van der Waals surface area contributed by atoms with E-state index in [4.69, 9.17) is 4.74 Å². The summed E-state index contributed by atoms with van der Waals surface area (Å²) >= 11 is 2.99. The molecule has 0 saturated carbocycles. The number of carbonyl (C=O) groups is 1. The minimum Gasteiger partial charge on any atom is -0.473 e.